The number of nitrogens with zero attached hydrogens (tertiary/aromatic N) is 5. The van der Waals surface area contributed by atoms with Crippen LogP contribution in [0.15, 0.2) is 55.7 Å². The summed E-state index contributed by atoms with van der Waals surface area (Å²) < 4.78 is 82.3. The molecule has 4 rings (SSSR count). The number of sulfonamides is 1. The Kier molecular flexibility index (Phi) is 18.5. The van der Waals surface area contributed by atoms with Gasteiger partial charge in [-0.2, -0.15) is 23.1 Å². The van der Waals surface area contributed by atoms with E-state index in [2.05, 4.69) is 36.6 Å². The fourth-order valence-electron chi connectivity index (χ4n) is 3.89. The van der Waals surface area contributed by atoms with Gasteiger partial charge in [0.2, 0.25) is 23.6 Å². The Balaban J connectivity index is 0.000000344. The summed E-state index contributed by atoms with van der Waals surface area (Å²) in [5.41, 5.74) is -0.103. The molecule has 0 aliphatic rings. The fraction of sp³-hybridized carbons (Fsp3) is 0.344. The largest absolute Gasteiger partial charge is 0.481 e. The maximum Gasteiger partial charge on any atom is 0.442 e. The number of halogens is 2. The molecule has 0 unspecified atom stereocenters. The lowest BCUT2D eigenvalue weighted by molar-refractivity contribution is -0.135. The first-order chi connectivity index (χ1) is 27.8. The van der Waals surface area contributed by atoms with E-state index in [1.54, 1.807) is 4.72 Å². The molecule has 2 amide bonds. The predicted octanol–water partition coefficient (Wildman–Crippen LogP) is 2.43. The summed E-state index contributed by atoms with van der Waals surface area (Å²) in [5, 5.41) is 16.1. The second-order valence-corrected chi connectivity index (χ2v) is 18.6. The van der Waals surface area contributed by atoms with E-state index >= 15 is 0 Å². The highest BCUT2D eigenvalue weighted by molar-refractivity contribution is 7.93. The zero-order valence-corrected chi connectivity index (χ0v) is 36.4. The molecule has 0 saturated carbocycles. The molecule has 0 fully saturated rings. The Labute approximate surface area is 352 Å². The van der Waals surface area contributed by atoms with Crippen LogP contribution >= 0.6 is 30.8 Å². The number of amides is 2. The van der Waals surface area contributed by atoms with Gasteiger partial charge in [-0.1, -0.05) is 56.8 Å². The molecule has 0 bridgehead atoms. The lowest BCUT2D eigenvalue weighted by Crippen LogP contribution is -2.36. The number of methoxy groups -OCH3 is 2. The van der Waals surface area contributed by atoms with Crippen molar-refractivity contribution in [1.82, 2.24) is 34.8 Å². The van der Waals surface area contributed by atoms with Crippen LogP contribution in [0.1, 0.15) is 33.6 Å². The smallest absolute Gasteiger partial charge is 0.442 e. The molecule has 23 nitrogen and oxygen atoms in total. The predicted molar refractivity (Wildman–Crippen MR) is 214 cm³/mol. The maximum absolute atomic E-state index is 12.5. The van der Waals surface area contributed by atoms with Crippen LogP contribution in [0.25, 0.3) is 5.69 Å². The van der Waals surface area contributed by atoms with Crippen LogP contribution in [-0.4, -0.2) is 108 Å². The molecular weight excluding hydrogens is 902 g/mol. The van der Waals surface area contributed by atoms with E-state index in [9.17, 15) is 35.8 Å². The monoisotopic (exact) mass is 940 g/mol. The number of aliphatic carboxylic acids is 1. The summed E-state index contributed by atoms with van der Waals surface area (Å²) in [5.74, 6) is 0.642. The van der Waals surface area contributed by atoms with Crippen molar-refractivity contribution in [2.24, 2.45) is 0 Å². The van der Waals surface area contributed by atoms with Gasteiger partial charge in [-0.3, -0.25) is 20.0 Å². The summed E-state index contributed by atoms with van der Waals surface area (Å²) >= 11 is 12.2. The van der Waals surface area contributed by atoms with E-state index in [0.29, 0.717) is 17.3 Å². The second-order valence-electron chi connectivity index (χ2n) is 12.3. The maximum atomic E-state index is 12.5. The number of terminal acetylenes is 1. The number of carbonyl (C=O) groups excluding carboxylic acids is 1. The molecule has 28 heteroatoms. The van der Waals surface area contributed by atoms with Crippen molar-refractivity contribution in [3.8, 4) is 35.5 Å². The average molecular weight is 942 g/mol. The number of urea groups is 1. The van der Waals surface area contributed by atoms with Crippen LogP contribution in [0.2, 0.25) is 10.0 Å². The molecule has 0 aliphatic heterocycles. The minimum absolute atomic E-state index is 0.0434. The van der Waals surface area contributed by atoms with Gasteiger partial charge >= 0.3 is 25.4 Å². The van der Waals surface area contributed by atoms with Gasteiger partial charge in [0, 0.05) is 17.7 Å². The van der Waals surface area contributed by atoms with Gasteiger partial charge in [-0.15, -0.1) is 11.5 Å². The first-order valence-electron chi connectivity index (χ1n) is 16.4. The Morgan fingerprint density at radius 1 is 1.05 bits per heavy atom. The van der Waals surface area contributed by atoms with Crippen molar-refractivity contribution < 1.29 is 64.5 Å². The molecule has 328 valence electrons. The number of carboxylic acids is 1. The minimum atomic E-state index is -4.61. The number of ether oxygens (including phenoxy) is 3. The number of hydrogen-bond donors (Lipinski definition) is 6. The van der Waals surface area contributed by atoms with Crippen molar-refractivity contribution in [1.29, 1.82) is 0 Å². The van der Waals surface area contributed by atoms with Gasteiger partial charge < -0.3 is 33.5 Å². The van der Waals surface area contributed by atoms with Crippen molar-refractivity contribution in [3.05, 3.63) is 63.0 Å². The summed E-state index contributed by atoms with van der Waals surface area (Å²) in [6.07, 6.45) is 5.65. The number of anilines is 1. The van der Waals surface area contributed by atoms with E-state index in [1.807, 2.05) is 20.8 Å². The number of carboxylic acid groups (broad SMARTS) is 1. The molecule has 60 heavy (non-hydrogen) atoms. The number of sulfone groups is 1. The third-order valence-electron chi connectivity index (χ3n) is 6.58. The first kappa shape index (κ1) is 50.8. The zero-order chi connectivity index (χ0) is 45.6. The van der Waals surface area contributed by atoms with E-state index < -0.39 is 73.4 Å². The molecule has 3 heterocycles. The van der Waals surface area contributed by atoms with Crippen LogP contribution in [-0.2, 0) is 34.6 Å². The van der Waals surface area contributed by atoms with E-state index in [4.69, 9.17) is 63.1 Å². The fourth-order valence-corrected chi connectivity index (χ4v) is 7.36. The average Bonchev–Trinajstić information content (AvgIpc) is 3.55. The van der Waals surface area contributed by atoms with Gasteiger partial charge in [0.1, 0.15) is 17.3 Å². The van der Waals surface area contributed by atoms with E-state index in [1.165, 1.54) is 45.4 Å². The molecule has 0 radical (unpaired) electrons. The molecule has 0 saturated heterocycles. The minimum Gasteiger partial charge on any atom is -0.481 e. The van der Waals surface area contributed by atoms with Gasteiger partial charge in [-0.05, 0) is 18.2 Å². The van der Waals surface area contributed by atoms with E-state index in [-0.39, 0.29) is 40.1 Å². The highest BCUT2D eigenvalue weighted by Gasteiger charge is 2.29. The molecule has 0 spiro atoms. The summed E-state index contributed by atoms with van der Waals surface area (Å²) in [6.45, 7) is 6.61. The van der Waals surface area contributed by atoms with Gasteiger partial charge in [0.15, 0.2) is 14.9 Å². The Hall–Kier alpha value is -5.32. The van der Waals surface area contributed by atoms with Crippen molar-refractivity contribution in [2.75, 3.05) is 44.7 Å². The summed E-state index contributed by atoms with van der Waals surface area (Å²) in [7, 11) is -9.94. The van der Waals surface area contributed by atoms with Crippen molar-refractivity contribution in [3.63, 3.8) is 0 Å². The number of hydrogen-bond acceptors (Lipinski definition) is 17. The molecule has 4 aromatic rings. The Bertz CT molecular complexity index is 2510. The third-order valence-corrected chi connectivity index (χ3v) is 11.0. The lowest BCUT2D eigenvalue weighted by atomic mass is 9.97. The number of benzene rings is 1. The Morgan fingerprint density at radius 3 is 2.17 bits per heavy atom. The van der Waals surface area contributed by atoms with Gasteiger partial charge in [0.25, 0.3) is 10.0 Å². The zero-order valence-electron chi connectivity index (χ0n) is 32.4. The summed E-state index contributed by atoms with van der Waals surface area (Å²) in [6, 6.07) is 5.43. The van der Waals surface area contributed by atoms with Gasteiger partial charge in [0.05, 0.1) is 54.6 Å². The third kappa shape index (κ3) is 15.7. The molecule has 0 aliphatic carbocycles. The Morgan fingerprint density at radius 2 is 1.67 bits per heavy atom. The summed E-state index contributed by atoms with van der Waals surface area (Å²) in [4.78, 5) is 61.0. The van der Waals surface area contributed by atoms with Crippen molar-refractivity contribution in [2.45, 2.75) is 43.0 Å². The van der Waals surface area contributed by atoms with Crippen LogP contribution in [0.3, 0.4) is 0 Å². The quantitative estimate of drug-likeness (QED) is 0.0781. The molecule has 3 aromatic heterocycles. The molecule has 1 aromatic carbocycles. The van der Waals surface area contributed by atoms with Gasteiger partial charge in [-0.25, -0.2) is 27.7 Å². The molecule has 6 N–H and O–H groups in total. The normalized spacial score (nSPS) is 11.4. The molecular formula is C32H39Cl2N8O15PS2. The molecule has 0 atom stereocenters. The SMILES string of the molecule is C#CCOc1cc(-n2nc(C(C)(C)C)oc2=O)c(Cl)cc1Cl.CCS(=O)(=O)c1cccnc1S(=O)(=O)NC(=O)Nc1nc(OC)cc(OC)n1.O=C(O)CNCP(=O)(O)O. The lowest BCUT2D eigenvalue weighted by Gasteiger charge is -2.11. The number of rotatable bonds is 14. The van der Waals surface area contributed by atoms with Crippen LogP contribution in [0.4, 0.5) is 10.7 Å². The number of aromatic nitrogens is 5. The highest BCUT2D eigenvalue weighted by atomic mass is 35.5. The van der Waals surface area contributed by atoms with Crippen LogP contribution in [0, 0.1) is 12.3 Å². The topological polar surface area (TPSA) is 331 Å². The second kappa shape index (κ2) is 21.8. The van der Waals surface area contributed by atoms with Crippen molar-refractivity contribution >= 4 is 68.6 Å². The number of carbonyl (C=O) groups is 2. The van der Waals surface area contributed by atoms with Crippen LogP contribution in [0.5, 0.6) is 17.5 Å². The van der Waals surface area contributed by atoms with E-state index in [0.717, 1.165) is 16.9 Å². The highest BCUT2D eigenvalue weighted by Crippen LogP contribution is 2.33. The first-order valence-corrected chi connectivity index (χ1v) is 22.1. The number of nitrogens with one attached hydrogen (secondary N) is 3. The van der Waals surface area contributed by atoms with Crippen LogP contribution < -0.4 is 35.3 Å². The standard InChI is InChI=1S/C15H14Cl2N2O3.C14H17N5O7S2.C3H8NO5P/c1-5-6-21-12-8-11(9(16)7-10(12)17)19-14(20)22-13(18-19)15(2,3)4;1-4-27(21,22)9-6-5-7-15-12(9)28(23,24)19-14(20)18-13-16-10(25-2)8-11(17-13)26-3;5-3(6)1-4-2-10(7,8)9/h1,7-8H,6H2,2-4H3;5-8H,4H2,1-3H3,(H2,16,17,18,19,20);4H,1-2H2,(H,5,6)(H2,7,8,9). The number of pyridine rings is 1.